The van der Waals surface area contributed by atoms with Gasteiger partial charge in [0.2, 0.25) is 5.78 Å². The van der Waals surface area contributed by atoms with Crippen molar-refractivity contribution in [2.45, 2.75) is 25.9 Å². The van der Waals surface area contributed by atoms with Crippen LogP contribution in [0, 0.1) is 5.92 Å². The van der Waals surface area contributed by atoms with Crippen LogP contribution in [0.25, 0.3) is 0 Å². The number of rotatable bonds is 2. The Labute approximate surface area is 116 Å². The number of ether oxygens (including phenoxy) is 2. The fourth-order valence-corrected chi connectivity index (χ4v) is 2.84. The Morgan fingerprint density at radius 2 is 2.17 bits per heavy atom. The second-order valence-corrected chi connectivity index (χ2v) is 5.78. The van der Waals surface area contributed by atoms with E-state index in [0.717, 1.165) is 11.0 Å². The summed E-state index contributed by atoms with van der Waals surface area (Å²) in [7, 11) is 3.19. The molecule has 0 saturated carbocycles. The number of carbonyl (C=O) groups is 1. The summed E-state index contributed by atoms with van der Waals surface area (Å²) < 4.78 is 11.9. The lowest BCUT2D eigenvalue weighted by Crippen LogP contribution is -2.50. The fourth-order valence-electron chi connectivity index (χ4n) is 2.38. The van der Waals surface area contributed by atoms with Gasteiger partial charge in [0.1, 0.15) is 17.1 Å². The molecule has 1 saturated heterocycles. The lowest BCUT2D eigenvalue weighted by Gasteiger charge is -2.41. The molecule has 5 heteroatoms. The van der Waals surface area contributed by atoms with Crippen LogP contribution in [0.5, 0.6) is 0 Å². The van der Waals surface area contributed by atoms with Crippen LogP contribution in [0.4, 0.5) is 0 Å². The molecule has 2 atom stereocenters. The summed E-state index contributed by atoms with van der Waals surface area (Å²) in [5.74, 6) is 0.762. The molecule has 0 spiro atoms. The third-order valence-corrected chi connectivity index (χ3v) is 4.69. The highest BCUT2D eigenvalue weighted by molar-refractivity contribution is 9.11. The Morgan fingerprint density at radius 3 is 2.72 bits per heavy atom. The molecule has 0 bridgehead atoms. The lowest BCUT2D eigenvalue weighted by atomic mass is 9.86. The molecule has 0 N–H and O–H groups in total. The molecule has 2 aliphatic heterocycles. The normalized spacial score (nSPS) is 32.3. The number of methoxy groups -OCH3 is 2. The molecule has 2 heterocycles. The van der Waals surface area contributed by atoms with Crippen LogP contribution in [-0.2, 0) is 14.3 Å². The number of allylic oxidation sites excluding steroid dienone is 1. The van der Waals surface area contributed by atoms with Crippen molar-refractivity contribution in [3.8, 4) is 0 Å². The molecule has 0 aliphatic carbocycles. The fraction of sp³-hybridized carbons (Fsp3) is 0.615. The molecule has 0 aromatic rings. The molecule has 2 unspecified atom stereocenters. The molecular weight excluding hydrogens is 298 g/mol. The van der Waals surface area contributed by atoms with Gasteiger partial charge >= 0.3 is 0 Å². The Hall–Kier alpha value is -0.810. The monoisotopic (exact) mass is 315 g/mol. The van der Waals surface area contributed by atoms with Crippen molar-refractivity contribution in [1.82, 2.24) is 4.90 Å². The highest BCUT2D eigenvalue weighted by Gasteiger charge is 2.45. The van der Waals surface area contributed by atoms with E-state index in [4.69, 9.17) is 9.47 Å². The molecule has 4 nitrogen and oxygen atoms in total. The van der Waals surface area contributed by atoms with Gasteiger partial charge in [-0.25, -0.2) is 0 Å². The van der Waals surface area contributed by atoms with E-state index in [1.54, 1.807) is 14.2 Å². The molecule has 1 fully saturated rings. The minimum atomic E-state index is -0.743. The van der Waals surface area contributed by atoms with Crippen molar-refractivity contribution >= 4 is 21.7 Å². The van der Waals surface area contributed by atoms with Crippen molar-refractivity contribution in [3.63, 3.8) is 0 Å². The van der Waals surface area contributed by atoms with Gasteiger partial charge in [-0.2, -0.15) is 0 Å². The number of nitrogens with zero attached hydrogens (tertiary/aromatic N) is 1. The number of carbonyl (C=O) groups excluding carboxylic acids is 1. The van der Waals surface area contributed by atoms with Gasteiger partial charge in [0.05, 0.1) is 7.11 Å². The number of hydrogen-bond acceptors (Lipinski definition) is 4. The van der Waals surface area contributed by atoms with Crippen LogP contribution in [0.1, 0.15) is 20.3 Å². The number of ketones is 1. The summed E-state index contributed by atoms with van der Waals surface area (Å²) in [4.78, 5) is 14.5. The summed E-state index contributed by atoms with van der Waals surface area (Å²) in [6.07, 6.45) is 2.64. The maximum atomic E-state index is 12.6. The van der Waals surface area contributed by atoms with Gasteiger partial charge in [-0.05, 0) is 6.92 Å². The topological polar surface area (TPSA) is 38.8 Å². The number of fused-ring (bicyclic) bond motifs is 1. The number of hydrogen-bond donors (Lipinski definition) is 0. The van der Waals surface area contributed by atoms with Crippen molar-refractivity contribution < 1.29 is 14.3 Å². The predicted molar refractivity (Wildman–Crippen MR) is 72.0 cm³/mol. The van der Waals surface area contributed by atoms with Crippen molar-refractivity contribution in [3.05, 3.63) is 22.1 Å². The molecule has 18 heavy (non-hydrogen) atoms. The standard InChI is InChI=1S/C13H18BrNO3/c1-8-9(14)7-15-6-5-13(2,18-4)12(16)10(15)11(8)17-3/h7-8H,5-6H2,1-4H3. The number of Topliss-reactive ketones (excluding diaryl/α,β-unsaturated/α-hetero) is 1. The summed E-state index contributed by atoms with van der Waals surface area (Å²) in [5.41, 5.74) is -0.115. The van der Waals surface area contributed by atoms with Crippen LogP contribution in [0.2, 0.25) is 0 Å². The first-order valence-corrected chi connectivity index (χ1v) is 6.76. The first-order valence-electron chi connectivity index (χ1n) is 5.96. The highest BCUT2D eigenvalue weighted by Crippen LogP contribution is 2.39. The van der Waals surface area contributed by atoms with Crippen molar-refractivity contribution in [2.75, 3.05) is 20.8 Å². The van der Waals surface area contributed by atoms with Gasteiger partial charge in [-0.3, -0.25) is 4.79 Å². The third kappa shape index (κ3) is 1.89. The first kappa shape index (κ1) is 13.6. The average molecular weight is 316 g/mol. The third-order valence-electron chi connectivity index (χ3n) is 3.80. The van der Waals surface area contributed by atoms with Gasteiger partial charge in [0.25, 0.3) is 0 Å². The molecule has 2 aliphatic rings. The van der Waals surface area contributed by atoms with E-state index in [0.29, 0.717) is 17.9 Å². The zero-order valence-corrected chi connectivity index (χ0v) is 12.7. The molecule has 0 radical (unpaired) electrons. The summed E-state index contributed by atoms with van der Waals surface area (Å²) >= 11 is 3.53. The second kappa shape index (κ2) is 4.70. The maximum absolute atomic E-state index is 12.6. The molecular formula is C13H18BrNO3. The van der Waals surface area contributed by atoms with Crippen molar-refractivity contribution in [1.29, 1.82) is 0 Å². The van der Waals surface area contributed by atoms with E-state index in [9.17, 15) is 4.79 Å². The minimum absolute atomic E-state index is 0.00352. The van der Waals surface area contributed by atoms with Crippen molar-refractivity contribution in [2.24, 2.45) is 5.92 Å². The van der Waals surface area contributed by atoms with Crippen LogP contribution in [0.3, 0.4) is 0 Å². The molecule has 0 amide bonds. The number of halogens is 1. The molecule has 0 aromatic heterocycles. The number of piperidine rings is 1. The molecule has 2 rings (SSSR count). The van der Waals surface area contributed by atoms with Gasteiger partial charge < -0.3 is 14.4 Å². The maximum Gasteiger partial charge on any atom is 0.214 e. The van der Waals surface area contributed by atoms with Crippen LogP contribution in [0.15, 0.2) is 22.1 Å². The summed E-state index contributed by atoms with van der Waals surface area (Å²) in [6.45, 7) is 4.60. The van der Waals surface area contributed by atoms with E-state index in [2.05, 4.69) is 15.9 Å². The van der Waals surface area contributed by atoms with Crippen LogP contribution < -0.4 is 0 Å². The Balaban J connectivity index is 2.49. The van der Waals surface area contributed by atoms with Gasteiger partial charge in [-0.1, -0.05) is 22.9 Å². The first-order chi connectivity index (χ1) is 8.44. The Kier molecular flexibility index (Phi) is 3.56. The lowest BCUT2D eigenvalue weighted by molar-refractivity contribution is -0.141. The van der Waals surface area contributed by atoms with E-state index in [1.807, 2.05) is 24.9 Å². The van der Waals surface area contributed by atoms with E-state index in [1.165, 1.54) is 0 Å². The predicted octanol–water partition coefficient (Wildman–Crippen LogP) is 2.41. The molecule has 100 valence electrons. The molecule has 0 aromatic carbocycles. The zero-order valence-electron chi connectivity index (χ0n) is 11.1. The Bertz CT molecular complexity index is 444. The largest absolute Gasteiger partial charge is 0.498 e. The van der Waals surface area contributed by atoms with Crippen LogP contribution >= 0.6 is 15.9 Å². The average Bonchev–Trinajstić information content (AvgIpc) is 2.37. The van der Waals surface area contributed by atoms with Gasteiger partial charge in [0.15, 0.2) is 0 Å². The van der Waals surface area contributed by atoms with E-state index in [-0.39, 0.29) is 11.7 Å². The van der Waals surface area contributed by atoms with Crippen LogP contribution in [-0.4, -0.2) is 37.0 Å². The van der Waals surface area contributed by atoms with Gasteiger partial charge in [-0.15, -0.1) is 0 Å². The van der Waals surface area contributed by atoms with E-state index < -0.39 is 5.60 Å². The second-order valence-electron chi connectivity index (χ2n) is 4.86. The smallest absolute Gasteiger partial charge is 0.214 e. The van der Waals surface area contributed by atoms with Gasteiger partial charge in [0, 0.05) is 36.7 Å². The summed E-state index contributed by atoms with van der Waals surface area (Å²) in [6, 6.07) is 0. The van der Waals surface area contributed by atoms with E-state index >= 15 is 0 Å². The SMILES string of the molecule is COC1=C2C(=O)C(C)(OC)CCN2C=C(Br)C1C. The quantitative estimate of drug-likeness (QED) is 0.784. The highest BCUT2D eigenvalue weighted by atomic mass is 79.9. The summed E-state index contributed by atoms with van der Waals surface area (Å²) in [5, 5.41) is 0. The zero-order chi connectivity index (χ0) is 13.5. The minimum Gasteiger partial charge on any atom is -0.498 e. The Morgan fingerprint density at radius 1 is 1.50 bits per heavy atom.